The minimum absolute atomic E-state index is 0.134. The van der Waals surface area contributed by atoms with Crippen molar-refractivity contribution < 1.29 is 25.8 Å². The molecule has 1 rings (SSSR count). The van der Waals surface area contributed by atoms with E-state index in [9.17, 15) is 21.6 Å². The molecule has 14 heavy (non-hydrogen) atoms. The highest BCUT2D eigenvalue weighted by atomic mass is 32.2. The van der Waals surface area contributed by atoms with Crippen molar-refractivity contribution in [2.24, 2.45) is 0 Å². The van der Waals surface area contributed by atoms with Crippen LogP contribution in [-0.2, 0) is 14.3 Å². The van der Waals surface area contributed by atoms with E-state index in [1.165, 1.54) is 0 Å². The van der Waals surface area contributed by atoms with E-state index in [1.54, 1.807) is 0 Å². The van der Waals surface area contributed by atoms with Gasteiger partial charge in [0, 0.05) is 6.54 Å². The van der Waals surface area contributed by atoms with Gasteiger partial charge in [-0.2, -0.15) is 21.6 Å². The molecule has 0 aromatic heterocycles. The Morgan fingerprint density at radius 2 is 2.00 bits per heavy atom. The van der Waals surface area contributed by atoms with Crippen LogP contribution in [-0.4, -0.2) is 33.1 Å². The quantitative estimate of drug-likeness (QED) is 0.560. The first-order valence-electron chi connectivity index (χ1n) is 4.03. The average Bonchev–Trinajstić information content (AvgIpc) is 2.03. The Morgan fingerprint density at radius 3 is 2.43 bits per heavy atom. The van der Waals surface area contributed by atoms with Gasteiger partial charge in [-0.3, -0.25) is 4.18 Å². The lowest BCUT2D eigenvalue weighted by molar-refractivity contribution is -0.0579. The van der Waals surface area contributed by atoms with Gasteiger partial charge in [-0.15, -0.1) is 0 Å². The van der Waals surface area contributed by atoms with Crippen LogP contribution in [0.3, 0.4) is 0 Å². The molecule has 0 unspecified atom stereocenters. The number of nitrogens with one attached hydrogen (secondary N) is 1. The van der Waals surface area contributed by atoms with Crippen LogP contribution < -0.4 is 5.32 Å². The summed E-state index contributed by atoms with van der Waals surface area (Å²) < 4.78 is 60.7. The van der Waals surface area contributed by atoms with E-state index in [2.05, 4.69) is 9.50 Å². The van der Waals surface area contributed by atoms with Crippen LogP contribution in [0.4, 0.5) is 13.2 Å². The van der Waals surface area contributed by atoms with Gasteiger partial charge in [-0.1, -0.05) is 0 Å². The highest BCUT2D eigenvalue weighted by Crippen LogP contribution is 2.26. The molecule has 1 aliphatic heterocycles. The van der Waals surface area contributed by atoms with Gasteiger partial charge in [-0.25, -0.2) is 0 Å². The Bertz CT molecular complexity index is 281. The summed E-state index contributed by atoms with van der Waals surface area (Å²) in [6.45, 7) is 0.807. The molecule has 1 N–H and O–H groups in total. The molecule has 0 aliphatic carbocycles. The second kappa shape index (κ2) is 4.03. The lowest BCUT2D eigenvalue weighted by Crippen LogP contribution is -2.39. The van der Waals surface area contributed by atoms with Crippen molar-refractivity contribution in [3.8, 4) is 0 Å². The van der Waals surface area contributed by atoms with E-state index in [0.717, 1.165) is 0 Å². The third kappa shape index (κ3) is 2.82. The topological polar surface area (TPSA) is 55.4 Å². The van der Waals surface area contributed by atoms with Crippen molar-refractivity contribution in [1.82, 2.24) is 5.32 Å². The highest BCUT2D eigenvalue weighted by Gasteiger charge is 2.48. The lowest BCUT2D eigenvalue weighted by Gasteiger charge is -2.22. The lowest BCUT2D eigenvalue weighted by atomic mass is 10.1. The number of rotatable bonds is 2. The maximum absolute atomic E-state index is 11.9. The first-order chi connectivity index (χ1) is 6.33. The van der Waals surface area contributed by atoms with Crippen LogP contribution in [0.1, 0.15) is 12.8 Å². The molecular formula is C6H10F3NO3S. The van der Waals surface area contributed by atoms with E-state index in [4.69, 9.17) is 0 Å². The van der Waals surface area contributed by atoms with E-state index < -0.39 is 21.7 Å². The van der Waals surface area contributed by atoms with Crippen LogP contribution >= 0.6 is 0 Å². The zero-order valence-electron chi connectivity index (χ0n) is 7.17. The van der Waals surface area contributed by atoms with Gasteiger partial charge in [0.05, 0.1) is 6.10 Å². The van der Waals surface area contributed by atoms with Crippen LogP contribution in [0.5, 0.6) is 0 Å². The molecule has 1 saturated heterocycles. The molecule has 1 heterocycles. The van der Waals surface area contributed by atoms with E-state index >= 15 is 0 Å². The second-order valence-corrected chi connectivity index (χ2v) is 4.53. The van der Waals surface area contributed by atoms with Crippen LogP contribution in [0.15, 0.2) is 0 Å². The number of piperidine rings is 1. The highest BCUT2D eigenvalue weighted by molar-refractivity contribution is 7.87. The third-order valence-corrected chi connectivity index (χ3v) is 2.89. The number of hydrogen-bond donors (Lipinski definition) is 1. The maximum Gasteiger partial charge on any atom is 0.523 e. The summed E-state index contributed by atoms with van der Waals surface area (Å²) in [6.07, 6.45) is 0.0238. The number of hydrogen-bond acceptors (Lipinski definition) is 4. The number of alkyl halides is 3. The smallest absolute Gasteiger partial charge is 0.314 e. The molecule has 8 heteroatoms. The molecule has 0 aromatic rings. The molecule has 0 saturated carbocycles. The predicted molar refractivity (Wildman–Crippen MR) is 42.0 cm³/mol. The van der Waals surface area contributed by atoms with Gasteiger partial charge in [-0.05, 0) is 19.4 Å². The molecule has 0 aromatic carbocycles. The van der Waals surface area contributed by atoms with Gasteiger partial charge in [0.15, 0.2) is 0 Å². The minimum Gasteiger partial charge on any atom is -0.314 e. The molecule has 0 radical (unpaired) electrons. The summed E-state index contributed by atoms with van der Waals surface area (Å²) >= 11 is 0. The van der Waals surface area contributed by atoms with Crippen molar-refractivity contribution in [3.63, 3.8) is 0 Å². The van der Waals surface area contributed by atoms with Gasteiger partial charge in [0.2, 0.25) is 0 Å². The molecule has 1 aliphatic rings. The Morgan fingerprint density at radius 1 is 1.36 bits per heavy atom. The van der Waals surface area contributed by atoms with Gasteiger partial charge in [0.1, 0.15) is 0 Å². The Balaban J connectivity index is 2.58. The summed E-state index contributed by atoms with van der Waals surface area (Å²) in [5.74, 6) is 0. The monoisotopic (exact) mass is 233 g/mol. The molecule has 4 nitrogen and oxygen atoms in total. The van der Waals surface area contributed by atoms with Gasteiger partial charge >= 0.3 is 15.6 Å². The van der Waals surface area contributed by atoms with Crippen LogP contribution in [0.2, 0.25) is 0 Å². The summed E-state index contributed by atoms with van der Waals surface area (Å²) in [6, 6.07) is 0. The molecule has 0 amide bonds. The standard InChI is InChI=1S/C6H10F3NO3S/c7-6(8,9)14(11,12)13-5-2-1-3-10-4-5/h5,10H,1-4H2/t5-/m1/s1. The third-order valence-electron chi connectivity index (χ3n) is 1.80. The average molecular weight is 233 g/mol. The molecular weight excluding hydrogens is 223 g/mol. The van der Waals surface area contributed by atoms with Crippen molar-refractivity contribution >= 4 is 10.1 Å². The first-order valence-corrected chi connectivity index (χ1v) is 5.44. The Labute approximate surface area is 79.6 Å². The zero-order valence-corrected chi connectivity index (χ0v) is 7.99. The molecule has 1 fully saturated rings. The second-order valence-electron chi connectivity index (χ2n) is 2.96. The van der Waals surface area contributed by atoms with Crippen molar-refractivity contribution in [2.75, 3.05) is 13.1 Å². The van der Waals surface area contributed by atoms with E-state index in [-0.39, 0.29) is 6.54 Å². The molecule has 84 valence electrons. The molecule has 0 spiro atoms. The van der Waals surface area contributed by atoms with Crippen LogP contribution in [0.25, 0.3) is 0 Å². The van der Waals surface area contributed by atoms with E-state index in [0.29, 0.717) is 19.4 Å². The fourth-order valence-electron chi connectivity index (χ4n) is 1.14. The number of halogens is 3. The maximum atomic E-state index is 11.9. The van der Waals surface area contributed by atoms with Gasteiger partial charge < -0.3 is 5.32 Å². The zero-order chi connectivity index (χ0) is 10.8. The Kier molecular flexibility index (Phi) is 3.38. The fourth-order valence-corrected chi connectivity index (χ4v) is 1.77. The predicted octanol–water partition coefficient (Wildman–Crippen LogP) is 0.605. The van der Waals surface area contributed by atoms with Gasteiger partial charge in [0.25, 0.3) is 0 Å². The van der Waals surface area contributed by atoms with Crippen molar-refractivity contribution in [2.45, 2.75) is 24.5 Å². The minimum atomic E-state index is -5.44. The SMILES string of the molecule is O=S(=O)(O[C@@H]1CCCNC1)C(F)(F)F. The van der Waals surface area contributed by atoms with Crippen LogP contribution in [0, 0.1) is 0 Å². The van der Waals surface area contributed by atoms with E-state index in [1.807, 2.05) is 0 Å². The summed E-state index contributed by atoms with van der Waals surface area (Å²) in [7, 11) is -5.44. The first kappa shape index (κ1) is 11.7. The molecule has 0 bridgehead atoms. The summed E-state index contributed by atoms with van der Waals surface area (Å²) in [4.78, 5) is 0. The fraction of sp³-hybridized carbons (Fsp3) is 1.00. The normalized spacial score (nSPS) is 24.9. The molecule has 1 atom stereocenters. The van der Waals surface area contributed by atoms with Crippen molar-refractivity contribution in [3.05, 3.63) is 0 Å². The van der Waals surface area contributed by atoms with Crippen molar-refractivity contribution in [1.29, 1.82) is 0 Å². The summed E-state index contributed by atoms with van der Waals surface area (Å²) in [5.41, 5.74) is -5.33. The summed E-state index contributed by atoms with van der Waals surface area (Å²) in [5, 5.41) is 2.75. The largest absolute Gasteiger partial charge is 0.523 e. The Hall–Kier alpha value is -0.340.